The van der Waals surface area contributed by atoms with Crippen molar-refractivity contribution in [2.45, 2.75) is 6.54 Å². The van der Waals surface area contributed by atoms with Gasteiger partial charge in [-0.2, -0.15) is 0 Å². The van der Waals surface area contributed by atoms with Gasteiger partial charge in [-0.1, -0.05) is 12.1 Å². The van der Waals surface area contributed by atoms with Gasteiger partial charge in [-0.15, -0.1) is 0 Å². The van der Waals surface area contributed by atoms with Gasteiger partial charge in [0.25, 0.3) is 0 Å². The third kappa shape index (κ3) is 4.41. The Morgan fingerprint density at radius 2 is 1.76 bits per heavy atom. The van der Waals surface area contributed by atoms with Crippen molar-refractivity contribution in [3.05, 3.63) is 54.1 Å². The van der Waals surface area contributed by atoms with E-state index in [1.54, 1.807) is 7.11 Å². The van der Waals surface area contributed by atoms with E-state index in [-0.39, 0.29) is 0 Å². The molecule has 3 rings (SSSR count). The Labute approximate surface area is 153 Å². The van der Waals surface area contributed by atoms with Crippen molar-refractivity contribution in [1.29, 1.82) is 0 Å². The number of benzene rings is 2. The summed E-state index contributed by atoms with van der Waals surface area (Å²) in [5, 5.41) is 0.356. The van der Waals surface area contributed by atoms with Gasteiger partial charge in [0, 0.05) is 24.5 Å². The van der Waals surface area contributed by atoms with Gasteiger partial charge >= 0.3 is 0 Å². The van der Waals surface area contributed by atoms with Gasteiger partial charge in [-0.25, -0.2) is 0 Å². The molecular weight excluding hydrogens is 334 g/mol. The van der Waals surface area contributed by atoms with Crippen molar-refractivity contribution in [1.82, 2.24) is 0 Å². The maximum absolute atomic E-state index is 5.96. The van der Waals surface area contributed by atoms with Crippen LogP contribution in [0.4, 0.5) is 11.4 Å². The van der Waals surface area contributed by atoms with Crippen molar-refractivity contribution >= 4 is 28.7 Å². The molecule has 0 unspecified atom stereocenters. The lowest BCUT2D eigenvalue weighted by molar-refractivity contribution is 0.122. The molecule has 0 spiro atoms. The normalized spacial score (nSPS) is 14.2. The number of methoxy groups -OCH3 is 1. The van der Waals surface area contributed by atoms with Crippen LogP contribution in [0, 0.1) is 0 Å². The fraction of sp³-hybridized carbons (Fsp3) is 0.316. The number of hydrogen-bond acceptors (Lipinski definition) is 4. The van der Waals surface area contributed by atoms with Crippen LogP contribution in [0.3, 0.4) is 0 Å². The third-order valence-corrected chi connectivity index (χ3v) is 4.52. The molecular formula is C19H23N3O2S. The topological polar surface area (TPSA) is 51.0 Å². The largest absolute Gasteiger partial charge is 0.497 e. The number of morpholine rings is 1. The van der Waals surface area contributed by atoms with Crippen molar-refractivity contribution in [2.75, 3.05) is 43.2 Å². The van der Waals surface area contributed by atoms with E-state index in [9.17, 15) is 0 Å². The molecule has 25 heavy (non-hydrogen) atoms. The Balaban J connectivity index is 1.74. The van der Waals surface area contributed by atoms with E-state index in [4.69, 9.17) is 27.4 Å². The lowest BCUT2D eigenvalue weighted by Gasteiger charge is -2.29. The zero-order chi connectivity index (χ0) is 17.6. The van der Waals surface area contributed by atoms with Crippen molar-refractivity contribution in [2.24, 2.45) is 5.73 Å². The number of nitrogens with two attached hydrogens (primary N) is 1. The molecule has 0 bridgehead atoms. The summed E-state index contributed by atoms with van der Waals surface area (Å²) < 4.78 is 10.6. The number of anilines is 2. The highest BCUT2D eigenvalue weighted by Gasteiger charge is 2.14. The monoisotopic (exact) mass is 357 g/mol. The predicted octanol–water partition coefficient (Wildman–Crippen LogP) is 2.78. The van der Waals surface area contributed by atoms with Crippen LogP contribution in [-0.2, 0) is 11.3 Å². The van der Waals surface area contributed by atoms with Gasteiger partial charge in [0.15, 0.2) is 5.11 Å². The van der Waals surface area contributed by atoms with Crippen molar-refractivity contribution in [3.8, 4) is 5.75 Å². The van der Waals surface area contributed by atoms with Crippen LogP contribution >= 0.6 is 12.2 Å². The second-order valence-electron chi connectivity index (χ2n) is 5.89. The highest BCUT2D eigenvalue weighted by molar-refractivity contribution is 7.80. The SMILES string of the molecule is COc1ccc(CN(C(N)=S)c2ccc(N3CCOCC3)cc2)cc1. The first-order valence-electron chi connectivity index (χ1n) is 8.30. The summed E-state index contributed by atoms with van der Waals surface area (Å²) in [4.78, 5) is 4.25. The standard InChI is InChI=1S/C19H23N3O2S/c1-23-18-8-2-15(3-9-18)14-22(19(20)25)17-6-4-16(5-7-17)21-10-12-24-13-11-21/h2-9H,10-14H2,1H3,(H2,20,25). The van der Waals surface area contributed by atoms with E-state index in [2.05, 4.69) is 29.2 Å². The first-order valence-corrected chi connectivity index (χ1v) is 8.71. The third-order valence-electron chi connectivity index (χ3n) is 4.30. The molecule has 0 aromatic heterocycles. The maximum Gasteiger partial charge on any atom is 0.171 e. The van der Waals surface area contributed by atoms with Gasteiger partial charge in [0.05, 0.1) is 26.9 Å². The summed E-state index contributed by atoms with van der Waals surface area (Å²) in [6.07, 6.45) is 0. The molecule has 5 nitrogen and oxygen atoms in total. The van der Waals surface area contributed by atoms with Crippen LogP contribution in [0.15, 0.2) is 48.5 Å². The lowest BCUT2D eigenvalue weighted by Crippen LogP contribution is -2.36. The van der Waals surface area contributed by atoms with Gasteiger partial charge in [0.1, 0.15) is 5.75 Å². The smallest absolute Gasteiger partial charge is 0.171 e. The molecule has 1 aliphatic rings. The fourth-order valence-corrected chi connectivity index (χ4v) is 3.04. The Morgan fingerprint density at radius 1 is 1.12 bits per heavy atom. The minimum atomic E-state index is 0.356. The van der Waals surface area contributed by atoms with Gasteiger partial charge in [-0.3, -0.25) is 0 Å². The van der Waals surface area contributed by atoms with E-state index in [1.807, 2.05) is 29.2 Å². The second-order valence-corrected chi connectivity index (χ2v) is 6.31. The lowest BCUT2D eigenvalue weighted by atomic mass is 10.2. The summed E-state index contributed by atoms with van der Waals surface area (Å²) >= 11 is 5.26. The molecule has 1 fully saturated rings. The summed E-state index contributed by atoms with van der Waals surface area (Å²) in [5.41, 5.74) is 9.26. The zero-order valence-corrected chi connectivity index (χ0v) is 15.2. The van der Waals surface area contributed by atoms with Gasteiger partial charge in [-0.05, 0) is 54.2 Å². The Hall–Kier alpha value is -2.31. The number of hydrogen-bond donors (Lipinski definition) is 1. The molecule has 1 saturated heterocycles. The molecule has 2 aromatic rings. The molecule has 1 heterocycles. The molecule has 132 valence electrons. The molecule has 0 saturated carbocycles. The molecule has 0 amide bonds. The number of thiocarbonyl (C=S) groups is 1. The summed E-state index contributed by atoms with van der Waals surface area (Å²) in [7, 11) is 1.66. The summed E-state index contributed by atoms with van der Waals surface area (Å²) in [6, 6.07) is 16.3. The Kier molecular flexibility index (Phi) is 5.73. The molecule has 0 aliphatic carbocycles. The van der Waals surface area contributed by atoms with E-state index in [1.165, 1.54) is 5.69 Å². The molecule has 2 N–H and O–H groups in total. The second kappa shape index (κ2) is 8.18. The quantitative estimate of drug-likeness (QED) is 0.831. The van der Waals surface area contributed by atoms with Crippen LogP contribution in [0.2, 0.25) is 0 Å². The molecule has 1 aliphatic heterocycles. The number of rotatable bonds is 5. The van der Waals surface area contributed by atoms with Crippen LogP contribution in [0.5, 0.6) is 5.75 Å². The zero-order valence-electron chi connectivity index (χ0n) is 14.4. The summed E-state index contributed by atoms with van der Waals surface area (Å²) in [5.74, 6) is 0.834. The van der Waals surface area contributed by atoms with Gasteiger partial charge in [0.2, 0.25) is 0 Å². The predicted molar refractivity (Wildman–Crippen MR) is 105 cm³/mol. The van der Waals surface area contributed by atoms with Crippen molar-refractivity contribution < 1.29 is 9.47 Å². The fourth-order valence-electron chi connectivity index (χ4n) is 2.87. The van der Waals surface area contributed by atoms with E-state index in [0.717, 1.165) is 43.3 Å². The summed E-state index contributed by atoms with van der Waals surface area (Å²) in [6.45, 7) is 4.01. The first kappa shape index (κ1) is 17.5. The van der Waals surface area contributed by atoms with Crippen molar-refractivity contribution in [3.63, 3.8) is 0 Å². The molecule has 6 heteroatoms. The van der Waals surface area contributed by atoms with Crippen LogP contribution in [0.1, 0.15) is 5.56 Å². The van der Waals surface area contributed by atoms with E-state index >= 15 is 0 Å². The molecule has 0 radical (unpaired) electrons. The first-order chi connectivity index (χ1) is 12.2. The Bertz CT molecular complexity index is 698. The van der Waals surface area contributed by atoms with Crippen LogP contribution in [0.25, 0.3) is 0 Å². The minimum Gasteiger partial charge on any atom is -0.497 e. The molecule has 2 aromatic carbocycles. The average molecular weight is 357 g/mol. The van der Waals surface area contributed by atoms with Gasteiger partial charge < -0.3 is 25.0 Å². The number of nitrogens with zero attached hydrogens (tertiary/aromatic N) is 2. The minimum absolute atomic E-state index is 0.356. The number of ether oxygens (including phenoxy) is 2. The molecule has 0 atom stereocenters. The highest BCUT2D eigenvalue weighted by atomic mass is 32.1. The Morgan fingerprint density at radius 3 is 2.32 bits per heavy atom. The van der Waals surface area contributed by atoms with E-state index < -0.39 is 0 Å². The van der Waals surface area contributed by atoms with Crippen LogP contribution < -0.4 is 20.3 Å². The van der Waals surface area contributed by atoms with Crippen LogP contribution in [-0.4, -0.2) is 38.5 Å². The van der Waals surface area contributed by atoms with E-state index in [0.29, 0.717) is 11.7 Å². The average Bonchev–Trinajstić information content (AvgIpc) is 2.67. The maximum atomic E-state index is 5.96. The highest BCUT2D eigenvalue weighted by Crippen LogP contribution is 2.23.